The molecule has 1 aliphatic rings. The summed E-state index contributed by atoms with van der Waals surface area (Å²) in [6, 6.07) is 14.0. The lowest BCUT2D eigenvalue weighted by Gasteiger charge is -2.28. The molecule has 0 radical (unpaired) electrons. The van der Waals surface area contributed by atoms with Gasteiger partial charge in [-0.1, -0.05) is 18.2 Å². The molecule has 0 aliphatic carbocycles. The number of hydrogen-bond donors (Lipinski definition) is 0. The lowest BCUT2D eigenvalue weighted by atomic mass is 10.1. The van der Waals surface area contributed by atoms with Crippen molar-refractivity contribution in [2.75, 3.05) is 38.3 Å². The second-order valence-electron chi connectivity index (χ2n) is 7.34. The van der Waals surface area contributed by atoms with E-state index in [0.29, 0.717) is 43.3 Å². The quantitative estimate of drug-likeness (QED) is 0.467. The number of morpholine rings is 1. The van der Waals surface area contributed by atoms with E-state index in [0.717, 1.165) is 11.0 Å². The number of nitro benzene ring substituents is 1. The average molecular weight is 409 g/mol. The van der Waals surface area contributed by atoms with Crippen LogP contribution in [0.15, 0.2) is 52.9 Å². The molecule has 0 N–H and O–H groups in total. The van der Waals surface area contributed by atoms with Gasteiger partial charge in [0.25, 0.3) is 11.6 Å². The number of nitro groups is 1. The van der Waals surface area contributed by atoms with E-state index < -0.39 is 4.92 Å². The Kier molecular flexibility index (Phi) is 5.41. The van der Waals surface area contributed by atoms with Crippen LogP contribution in [0.25, 0.3) is 11.0 Å². The first-order valence-corrected chi connectivity index (χ1v) is 9.82. The van der Waals surface area contributed by atoms with Crippen LogP contribution in [-0.4, -0.2) is 49.1 Å². The summed E-state index contributed by atoms with van der Waals surface area (Å²) < 4.78 is 11.2. The van der Waals surface area contributed by atoms with Gasteiger partial charge < -0.3 is 19.0 Å². The Morgan fingerprint density at radius 2 is 1.90 bits per heavy atom. The van der Waals surface area contributed by atoms with Gasteiger partial charge in [0.15, 0.2) is 0 Å². The van der Waals surface area contributed by atoms with Crippen LogP contribution in [0.1, 0.15) is 29.1 Å². The van der Waals surface area contributed by atoms with Crippen LogP contribution in [0.4, 0.5) is 11.4 Å². The fourth-order valence-corrected chi connectivity index (χ4v) is 3.66. The molecule has 1 fully saturated rings. The molecule has 2 heterocycles. The van der Waals surface area contributed by atoms with Crippen LogP contribution < -0.4 is 4.90 Å². The zero-order valence-electron chi connectivity index (χ0n) is 16.9. The number of fused-ring (bicyclic) bond motifs is 1. The van der Waals surface area contributed by atoms with Gasteiger partial charge in [0.05, 0.1) is 24.2 Å². The summed E-state index contributed by atoms with van der Waals surface area (Å²) in [7, 11) is 1.78. The first kappa shape index (κ1) is 19.9. The van der Waals surface area contributed by atoms with E-state index in [1.165, 1.54) is 6.07 Å². The fraction of sp³-hybridized carbons (Fsp3) is 0.318. The normalized spacial score (nSPS) is 15.2. The number of hydrogen-bond acceptors (Lipinski definition) is 6. The predicted molar refractivity (Wildman–Crippen MR) is 113 cm³/mol. The molecule has 2 aromatic carbocycles. The van der Waals surface area contributed by atoms with Gasteiger partial charge in [-0.25, -0.2) is 0 Å². The number of carbonyl (C=O) groups is 1. The Bertz CT molecular complexity index is 1050. The minimum absolute atomic E-state index is 0.112. The molecule has 30 heavy (non-hydrogen) atoms. The van der Waals surface area contributed by atoms with Crippen molar-refractivity contribution in [1.29, 1.82) is 0 Å². The molecular formula is C22H23N3O5. The Morgan fingerprint density at radius 1 is 1.17 bits per heavy atom. The van der Waals surface area contributed by atoms with Crippen molar-refractivity contribution in [3.05, 3.63) is 70.0 Å². The van der Waals surface area contributed by atoms with Crippen molar-refractivity contribution in [2.45, 2.75) is 13.0 Å². The van der Waals surface area contributed by atoms with Crippen molar-refractivity contribution < 1.29 is 18.9 Å². The molecule has 8 nitrogen and oxygen atoms in total. The number of benzene rings is 2. The number of furan rings is 1. The molecule has 156 valence electrons. The van der Waals surface area contributed by atoms with E-state index in [-0.39, 0.29) is 17.6 Å². The van der Waals surface area contributed by atoms with E-state index in [1.54, 1.807) is 29.0 Å². The summed E-state index contributed by atoms with van der Waals surface area (Å²) in [5, 5.41) is 12.8. The molecule has 1 aromatic heterocycles. The smallest absolute Gasteiger partial charge is 0.293 e. The fourth-order valence-electron chi connectivity index (χ4n) is 3.66. The first-order valence-electron chi connectivity index (χ1n) is 9.82. The van der Waals surface area contributed by atoms with Crippen LogP contribution in [0.3, 0.4) is 0 Å². The minimum Gasteiger partial charge on any atom is -0.459 e. The number of carbonyl (C=O) groups excluding carboxylic acids is 1. The average Bonchev–Trinajstić information content (AvgIpc) is 3.22. The highest BCUT2D eigenvalue weighted by Gasteiger charge is 2.27. The van der Waals surface area contributed by atoms with Gasteiger partial charge in [0, 0.05) is 37.2 Å². The number of nitrogens with zero attached hydrogens (tertiary/aromatic N) is 3. The molecular weight excluding hydrogens is 386 g/mol. The molecule has 0 saturated carbocycles. The van der Waals surface area contributed by atoms with Gasteiger partial charge in [-0.2, -0.15) is 0 Å². The summed E-state index contributed by atoms with van der Waals surface area (Å²) in [5.41, 5.74) is 1.39. The monoisotopic (exact) mass is 409 g/mol. The van der Waals surface area contributed by atoms with E-state index in [9.17, 15) is 14.9 Å². The van der Waals surface area contributed by atoms with Crippen molar-refractivity contribution in [3.8, 4) is 0 Å². The molecule has 1 amide bonds. The maximum atomic E-state index is 12.7. The molecule has 1 atom stereocenters. The van der Waals surface area contributed by atoms with Gasteiger partial charge >= 0.3 is 0 Å². The zero-order valence-corrected chi connectivity index (χ0v) is 16.9. The van der Waals surface area contributed by atoms with E-state index >= 15 is 0 Å². The van der Waals surface area contributed by atoms with Crippen molar-refractivity contribution in [3.63, 3.8) is 0 Å². The number of ether oxygens (including phenoxy) is 1. The van der Waals surface area contributed by atoms with Crippen LogP contribution >= 0.6 is 0 Å². The van der Waals surface area contributed by atoms with Crippen LogP contribution in [0.5, 0.6) is 0 Å². The molecule has 1 saturated heterocycles. The topological polar surface area (TPSA) is 89.1 Å². The Morgan fingerprint density at radius 3 is 2.60 bits per heavy atom. The van der Waals surface area contributed by atoms with Crippen molar-refractivity contribution >= 4 is 28.3 Å². The highest BCUT2D eigenvalue weighted by molar-refractivity contribution is 5.96. The maximum absolute atomic E-state index is 12.7. The molecule has 1 aliphatic heterocycles. The summed E-state index contributed by atoms with van der Waals surface area (Å²) in [6.07, 6.45) is 0. The van der Waals surface area contributed by atoms with Crippen LogP contribution in [0, 0.1) is 10.1 Å². The van der Waals surface area contributed by atoms with E-state index in [4.69, 9.17) is 9.15 Å². The lowest BCUT2D eigenvalue weighted by Crippen LogP contribution is -2.40. The first-order chi connectivity index (χ1) is 14.5. The highest BCUT2D eigenvalue weighted by atomic mass is 16.6. The van der Waals surface area contributed by atoms with Crippen molar-refractivity contribution in [1.82, 2.24) is 4.90 Å². The third-order valence-corrected chi connectivity index (χ3v) is 5.53. The van der Waals surface area contributed by atoms with Gasteiger partial charge in [-0.15, -0.1) is 0 Å². The van der Waals surface area contributed by atoms with Gasteiger partial charge in [0.2, 0.25) is 0 Å². The Balaban J connectivity index is 1.63. The third kappa shape index (κ3) is 3.73. The molecule has 1 unspecified atom stereocenters. The molecule has 4 rings (SSSR count). The Labute approximate surface area is 173 Å². The lowest BCUT2D eigenvalue weighted by molar-refractivity contribution is -0.384. The zero-order chi connectivity index (χ0) is 21.3. The number of anilines is 1. The summed E-state index contributed by atoms with van der Waals surface area (Å²) in [5.74, 6) is 0.488. The minimum atomic E-state index is -0.451. The standard InChI is InChI=1S/C22H23N3O5/c1-15(21-14-16-5-3-4-6-20(16)30-21)23(2)18-8-7-17(13-19(18)25(27)28)22(26)24-9-11-29-12-10-24/h3-8,13-15H,9-12H2,1-2H3. The largest absolute Gasteiger partial charge is 0.459 e. The summed E-state index contributed by atoms with van der Waals surface area (Å²) >= 11 is 0. The molecule has 0 spiro atoms. The third-order valence-electron chi connectivity index (χ3n) is 5.53. The number of rotatable bonds is 5. The van der Waals surface area contributed by atoms with Gasteiger partial charge in [-0.3, -0.25) is 14.9 Å². The van der Waals surface area contributed by atoms with Gasteiger partial charge in [0.1, 0.15) is 17.0 Å². The second-order valence-corrected chi connectivity index (χ2v) is 7.34. The van der Waals surface area contributed by atoms with Crippen molar-refractivity contribution in [2.24, 2.45) is 0 Å². The number of para-hydroxylation sites is 1. The highest BCUT2D eigenvalue weighted by Crippen LogP contribution is 2.35. The number of amides is 1. The predicted octanol–water partition coefficient (Wildman–Crippen LogP) is 4.01. The molecule has 8 heteroatoms. The Hall–Kier alpha value is -3.39. The molecule has 3 aromatic rings. The van der Waals surface area contributed by atoms with Gasteiger partial charge in [-0.05, 0) is 31.2 Å². The van der Waals surface area contributed by atoms with Crippen LogP contribution in [-0.2, 0) is 4.74 Å². The second kappa shape index (κ2) is 8.16. The molecule has 0 bridgehead atoms. The summed E-state index contributed by atoms with van der Waals surface area (Å²) in [4.78, 5) is 27.5. The van der Waals surface area contributed by atoms with E-state index in [2.05, 4.69) is 0 Å². The SMILES string of the molecule is CC(c1cc2ccccc2o1)N(C)c1ccc(C(=O)N2CCOCC2)cc1[N+](=O)[O-]. The van der Waals surface area contributed by atoms with E-state index in [1.807, 2.05) is 37.3 Å². The summed E-state index contributed by atoms with van der Waals surface area (Å²) in [6.45, 7) is 3.84. The maximum Gasteiger partial charge on any atom is 0.293 e. The van der Waals surface area contributed by atoms with Crippen LogP contribution in [0.2, 0.25) is 0 Å².